The third-order valence-electron chi connectivity index (χ3n) is 3.95. The highest BCUT2D eigenvalue weighted by Crippen LogP contribution is 2.17. The largest absolute Gasteiger partial charge is 0.486 e. The quantitative estimate of drug-likeness (QED) is 0.578. The summed E-state index contributed by atoms with van der Waals surface area (Å²) >= 11 is 3.39. The summed E-state index contributed by atoms with van der Waals surface area (Å²) < 4.78 is 13.7. The molecule has 0 bridgehead atoms. The molecule has 8 heteroatoms. The second-order valence-corrected chi connectivity index (χ2v) is 6.74. The third-order valence-corrected chi connectivity index (χ3v) is 4.62. The molecule has 1 N–H and O–H groups in total. The fraction of sp³-hybridized carbons (Fsp3) is 0.211. The lowest BCUT2D eigenvalue weighted by Gasteiger charge is -2.06. The normalized spacial score (nSPS) is 10.6. The van der Waals surface area contributed by atoms with Crippen molar-refractivity contribution in [2.75, 3.05) is 0 Å². The number of hydrogen-bond donors (Lipinski definition) is 1. The number of hydrogen-bond acceptors (Lipinski definition) is 5. The molecule has 0 aliphatic heterocycles. The standard InChI is InChI=1S/C19H18BrN3O4/c1-12(24)13-3-5-14(6-4-13)26-11-15-7-8-18(27-15)19(25)21-10-17-16(20)9-22-23(17)2/h3-9H,10-11H2,1-2H3,(H,21,25). The van der Waals surface area contributed by atoms with Gasteiger partial charge >= 0.3 is 0 Å². The van der Waals surface area contributed by atoms with Crippen LogP contribution in [0.4, 0.5) is 0 Å². The van der Waals surface area contributed by atoms with Gasteiger partial charge in [0, 0.05) is 12.6 Å². The fourth-order valence-corrected chi connectivity index (χ4v) is 2.89. The second-order valence-electron chi connectivity index (χ2n) is 5.88. The summed E-state index contributed by atoms with van der Waals surface area (Å²) in [4.78, 5) is 23.5. The van der Waals surface area contributed by atoms with Crippen LogP contribution in [0.5, 0.6) is 5.75 Å². The Morgan fingerprint density at radius 1 is 1.22 bits per heavy atom. The Kier molecular flexibility index (Phi) is 5.75. The van der Waals surface area contributed by atoms with Gasteiger partial charge < -0.3 is 14.5 Å². The number of ether oxygens (including phenoxy) is 1. The Hall–Kier alpha value is -2.87. The minimum Gasteiger partial charge on any atom is -0.486 e. The van der Waals surface area contributed by atoms with E-state index in [4.69, 9.17) is 9.15 Å². The Labute approximate surface area is 164 Å². The van der Waals surface area contributed by atoms with Gasteiger partial charge in [-0.25, -0.2) is 0 Å². The van der Waals surface area contributed by atoms with Crippen molar-refractivity contribution < 1.29 is 18.7 Å². The van der Waals surface area contributed by atoms with Gasteiger partial charge in [0.1, 0.15) is 18.1 Å². The van der Waals surface area contributed by atoms with Crippen molar-refractivity contribution in [3.05, 3.63) is 69.8 Å². The number of nitrogens with zero attached hydrogens (tertiary/aromatic N) is 2. The van der Waals surface area contributed by atoms with Crippen LogP contribution in [0, 0.1) is 0 Å². The van der Waals surface area contributed by atoms with Gasteiger partial charge in [0.15, 0.2) is 11.5 Å². The summed E-state index contributed by atoms with van der Waals surface area (Å²) in [5.41, 5.74) is 1.48. The molecule has 0 radical (unpaired) electrons. The highest BCUT2D eigenvalue weighted by atomic mass is 79.9. The molecular formula is C19H18BrN3O4. The van der Waals surface area contributed by atoms with Crippen LogP contribution in [0.3, 0.4) is 0 Å². The topological polar surface area (TPSA) is 86.4 Å². The summed E-state index contributed by atoms with van der Waals surface area (Å²) in [6, 6.07) is 10.1. The van der Waals surface area contributed by atoms with Gasteiger partial charge in [0.2, 0.25) is 0 Å². The first kappa shape index (κ1) is 18.9. The summed E-state index contributed by atoms with van der Waals surface area (Å²) in [6.45, 7) is 2.02. The van der Waals surface area contributed by atoms with E-state index in [-0.39, 0.29) is 24.1 Å². The Bertz CT molecular complexity index is 940. The number of amides is 1. The minimum absolute atomic E-state index is 0.00129. The number of ketones is 1. The molecule has 2 aromatic heterocycles. The zero-order valence-electron chi connectivity index (χ0n) is 14.9. The zero-order valence-corrected chi connectivity index (χ0v) is 16.4. The zero-order chi connectivity index (χ0) is 19.4. The smallest absolute Gasteiger partial charge is 0.287 e. The molecule has 0 atom stereocenters. The molecule has 0 saturated carbocycles. The van der Waals surface area contributed by atoms with Crippen LogP contribution in [-0.2, 0) is 20.2 Å². The van der Waals surface area contributed by atoms with E-state index in [0.717, 1.165) is 10.2 Å². The maximum Gasteiger partial charge on any atom is 0.287 e. The first-order valence-electron chi connectivity index (χ1n) is 8.21. The molecule has 3 aromatic rings. The van der Waals surface area contributed by atoms with Crippen molar-refractivity contribution in [1.82, 2.24) is 15.1 Å². The van der Waals surface area contributed by atoms with E-state index in [1.807, 2.05) is 0 Å². The van der Waals surface area contributed by atoms with Crippen molar-refractivity contribution in [3.63, 3.8) is 0 Å². The van der Waals surface area contributed by atoms with E-state index >= 15 is 0 Å². The number of rotatable bonds is 7. The first-order valence-corrected chi connectivity index (χ1v) is 9.00. The highest BCUT2D eigenvalue weighted by molar-refractivity contribution is 9.10. The van der Waals surface area contributed by atoms with Gasteiger partial charge in [0.05, 0.1) is 22.9 Å². The lowest BCUT2D eigenvalue weighted by molar-refractivity contribution is 0.0917. The Balaban J connectivity index is 1.54. The number of benzene rings is 1. The molecule has 0 spiro atoms. The van der Waals surface area contributed by atoms with Gasteiger partial charge in [0.25, 0.3) is 5.91 Å². The lowest BCUT2D eigenvalue weighted by Crippen LogP contribution is -2.23. The molecule has 140 valence electrons. The molecule has 0 unspecified atom stereocenters. The monoisotopic (exact) mass is 431 g/mol. The maximum atomic E-state index is 12.2. The number of carbonyl (C=O) groups is 2. The first-order chi connectivity index (χ1) is 12.9. The molecule has 3 rings (SSSR count). The summed E-state index contributed by atoms with van der Waals surface area (Å²) in [7, 11) is 1.80. The van der Waals surface area contributed by atoms with Crippen molar-refractivity contribution in [1.29, 1.82) is 0 Å². The van der Waals surface area contributed by atoms with E-state index in [0.29, 0.717) is 23.6 Å². The van der Waals surface area contributed by atoms with Gasteiger partial charge in [-0.3, -0.25) is 14.3 Å². The van der Waals surface area contributed by atoms with Gasteiger partial charge in [-0.2, -0.15) is 5.10 Å². The number of Topliss-reactive ketones (excluding diaryl/α,β-unsaturated/α-hetero) is 1. The van der Waals surface area contributed by atoms with Gasteiger partial charge in [-0.15, -0.1) is 0 Å². The van der Waals surface area contributed by atoms with Crippen molar-refractivity contribution in [2.24, 2.45) is 7.05 Å². The SMILES string of the molecule is CC(=O)c1ccc(OCc2ccc(C(=O)NCc3c(Br)cnn3C)o2)cc1. The Morgan fingerprint density at radius 2 is 1.96 bits per heavy atom. The highest BCUT2D eigenvalue weighted by Gasteiger charge is 2.13. The second kappa shape index (κ2) is 8.22. The number of furan rings is 1. The number of aryl methyl sites for hydroxylation is 1. The van der Waals surface area contributed by atoms with E-state index in [1.165, 1.54) is 6.92 Å². The lowest BCUT2D eigenvalue weighted by atomic mass is 10.1. The predicted octanol–water partition coefficient (Wildman–Crippen LogP) is 3.49. The summed E-state index contributed by atoms with van der Waals surface area (Å²) in [5.74, 6) is 1.03. The van der Waals surface area contributed by atoms with Crippen molar-refractivity contribution in [2.45, 2.75) is 20.1 Å². The van der Waals surface area contributed by atoms with Crippen LogP contribution in [0.1, 0.15) is 39.3 Å². The van der Waals surface area contributed by atoms with E-state index in [9.17, 15) is 9.59 Å². The van der Waals surface area contributed by atoms with Crippen molar-refractivity contribution >= 4 is 27.6 Å². The number of aromatic nitrogens is 2. The molecule has 0 fully saturated rings. The number of nitrogens with one attached hydrogen (secondary N) is 1. The molecule has 0 aliphatic rings. The third kappa shape index (κ3) is 4.65. The van der Waals surface area contributed by atoms with Crippen LogP contribution in [0.15, 0.2) is 51.5 Å². The van der Waals surface area contributed by atoms with Crippen LogP contribution >= 0.6 is 15.9 Å². The van der Waals surface area contributed by atoms with E-state index in [2.05, 4.69) is 26.3 Å². The van der Waals surface area contributed by atoms with Crippen LogP contribution < -0.4 is 10.1 Å². The van der Waals surface area contributed by atoms with Crippen LogP contribution in [0.2, 0.25) is 0 Å². The Morgan fingerprint density at radius 3 is 2.59 bits per heavy atom. The fourth-order valence-electron chi connectivity index (χ4n) is 2.40. The average Bonchev–Trinajstić information content (AvgIpc) is 3.25. The van der Waals surface area contributed by atoms with Gasteiger partial charge in [-0.05, 0) is 59.3 Å². The van der Waals surface area contributed by atoms with Crippen molar-refractivity contribution in [3.8, 4) is 5.75 Å². The van der Waals surface area contributed by atoms with Gasteiger partial charge in [-0.1, -0.05) is 0 Å². The molecule has 0 aliphatic carbocycles. The van der Waals surface area contributed by atoms with Crippen LogP contribution in [-0.4, -0.2) is 21.5 Å². The summed E-state index contributed by atoms with van der Waals surface area (Å²) in [5, 5.41) is 6.89. The molecule has 7 nitrogen and oxygen atoms in total. The molecule has 1 aromatic carbocycles. The number of carbonyl (C=O) groups excluding carboxylic acids is 2. The number of halogens is 1. The van der Waals surface area contributed by atoms with E-state index < -0.39 is 0 Å². The molecule has 27 heavy (non-hydrogen) atoms. The maximum absolute atomic E-state index is 12.2. The van der Waals surface area contributed by atoms with E-state index in [1.54, 1.807) is 54.3 Å². The minimum atomic E-state index is -0.319. The molecular weight excluding hydrogens is 414 g/mol. The van der Waals surface area contributed by atoms with Crippen LogP contribution in [0.25, 0.3) is 0 Å². The molecule has 0 saturated heterocycles. The summed E-state index contributed by atoms with van der Waals surface area (Å²) in [6.07, 6.45) is 1.67. The molecule has 2 heterocycles. The predicted molar refractivity (Wildman–Crippen MR) is 102 cm³/mol. The average molecular weight is 432 g/mol. The molecule has 1 amide bonds.